The summed E-state index contributed by atoms with van der Waals surface area (Å²) in [5.41, 5.74) is 0.487. The number of halogens is 6. The second kappa shape index (κ2) is 29.5. The molecule has 12 nitrogen and oxygen atoms in total. The Hall–Kier alpha value is -4.90. The normalized spacial score (nSPS) is 11.6. The zero-order chi connectivity index (χ0) is 45.8. The highest BCUT2D eigenvalue weighted by molar-refractivity contribution is 5.37. The summed E-state index contributed by atoms with van der Waals surface area (Å²) >= 11 is 0. The number of nitrogens with zero attached hydrogens (tertiary/aromatic N) is 4. The van der Waals surface area contributed by atoms with Gasteiger partial charge in [-0.2, -0.15) is 9.36 Å². The molecule has 2 aromatic heterocycles. The lowest BCUT2D eigenvalue weighted by Gasteiger charge is -2.08. The first-order valence-corrected chi connectivity index (χ1v) is 22.5. The Morgan fingerprint density at radius 1 is 0.444 bits per heavy atom. The monoisotopic (exact) mass is 902 g/mol. The molecule has 2 heterocycles. The molecule has 0 saturated carbocycles. The molecule has 0 amide bonds. The largest absolute Gasteiger partial charge is 0.573 e. The van der Waals surface area contributed by atoms with Gasteiger partial charge in [0.1, 0.15) is 11.5 Å². The predicted octanol–water partition coefficient (Wildman–Crippen LogP) is 13.2. The highest BCUT2D eigenvalue weighted by atomic mass is 19.4. The quantitative estimate of drug-likeness (QED) is 0.0355. The molecule has 354 valence electrons. The molecule has 63 heavy (non-hydrogen) atoms. The van der Waals surface area contributed by atoms with Gasteiger partial charge in [0, 0.05) is 0 Å². The number of aromatic nitrogens is 4. The maximum Gasteiger partial charge on any atom is 0.573 e. The number of benzene rings is 2. The fourth-order valence-corrected chi connectivity index (χ4v) is 6.57. The molecule has 0 saturated heterocycles. The lowest BCUT2D eigenvalue weighted by molar-refractivity contribution is -0.275. The Bertz CT molecular complexity index is 1890. The molecular weight excluding hydrogens is 839 g/mol. The van der Waals surface area contributed by atoms with Crippen LogP contribution in [0.3, 0.4) is 0 Å². The molecule has 18 heteroatoms. The van der Waals surface area contributed by atoms with Gasteiger partial charge in [-0.3, -0.25) is 0 Å². The third-order valence-corrected chi connectivity index (χ3v) is 9.89. The summed E-state index contributed by atoms with van der Waals surface area (Å²) < 4.78 is 103. The van der Waals surface area contributed by atoms with Crippen molar-refractivity contribution in [3.8, 4) is 35.0 Å². The molecule has 4 aromatic rings. The topological polar surface area (TPSA) is 133 Å². The highest BCUT2D eigenvalue weighted by Gasteiger charge is 2.32. The fraction of sp³-hybridized carbons (Fsp3) is 0.644. The van der Waals surface area contributed by atoms with Gasteiger partial charge in [-0.15, -0.1) is 26.3 Å². The Labute approximate surface area is 365 Å². The molecule has 0 aliphatic rings. The SMILES string of the molecule is CCCCCCCCCCCCCCOc1nn(-c2ccc(OC(F)(F)F)cc2)c(=O)o1.CCCCCCCCCCCCCOc1nn(-c2ccc(OC(F)(F)F)cc2)c(=O)o1. The Morgan fingerprint density at radius 2 is 0.714 bits per heavy atom. The van der Waals surface area contributed by atoms with Crippen LogP contribution in [0.2, 0.25) is 0 Å². The summed E-state index contributed by atoms with van der Waals surface area (Å²) in [7, 11) is 0. The smallest absolute Gasteiger partial charge is 0.449 e. The number of alkyl halides is 6. The minimum Gasteiger partial charge on any atom is -0.449 e. The standard InChI is InChI=1S/C23H33F3N2O4.C22H31F3N2O4/c1-2-3-4-5-6-7-8-9-10-11-12-13-18-30-21-27-28(22(29)31-21)19-14-16-20(17-15-19)32-23(24,25)26;1-2-3-4-5-6-7-8-9-10-11-12-17-29-20-26-27(21(28)30-20)18-13-15-19(16-14-18)31-22(23,24)25/h14-17H,2-13,18H2,1H3;13-16H,2-12,17H2,1H3. The fourth-order valence-electron chi connectivity index (χ4n) is 6.57. The Morgan fingerprint density at radius 3 is 0.984 bits per heavy atom. The summed E-state index contributed by atoms with van der Waals surface area (Å²) in [5.74, 6) is -2.33. The summed E-state index contributed by atoms with van der Waals surface area (Å²) in [6, 6.07) is 9.48. The molecule has 4 rings (SSSR count). The van der Waals surface area contributed by atoms with Crippen molar-refractivity contribution in [2.45, 2.75) is 174 Å². The molecule has 0 atom stereocenters. The van der Waals surface area contributed by atoms with Gasteiger partial charge < -0.3 is 27.8 Å². The van der Waals surface area contributed by atoms with Crippen LogP contribution in [0.15, 0.2) is 67.0 Å². The second-order valence-corrected chi connectivity index (χ2v) is 15.3. The molecule has 0 fully saturated rings. The molecule has 0 aliphatic carbocycles. The third kappa shape index (κ3) is 23.4. The van der Waals surface area contributed by atoms with Gasteiger partial charge in [-0.05, 0) is 61.4 Å². The van der Waals surface area contributed by atoms with E-state index in [1.165, 1.54) is 133 Å². The summed E-state index contributed by atoms with van der Waals surface area (Å²) in [4.78, 5) is 23.8. The number of hydrogen-bond acceptors (Lipinski definition) is 10. The molecule has 0 N–H and O–H groups in total. The van der Waals surface area contributed by atoms with Crippen LogP contribution in [0.1, 0.15) is 162 Å². The van der Waals surface area contributed by atoms with E-state index in [9.17, 15) is 35.9 Å². The Kier molecular flexibility index (Phi) is 24.5. The van der Waals surface area contributed by atoms with E-state index in [4.69, 9.17) is 18.3 Å². The van der Waals surface area contributed by atoms with Gasteiger partial charge in [0.05, 0.1) is 24.6 Å². The first-order chi connectivity index (χ1) is 30.3. The van der Waals surface area contributed by atoms with E-state index < -0.39 is 24.2 Å². The lowest BCUT2D eigenvalue weighted by atomic mass is 10.1. The van der Waals surface area contributed by atoms with Crippen molar-refractivity contribution < 1.29 is 54.1 Å². The van der Waals surface area contributed by atoms with Gasteiger partial charge in [0.25, 0.3) is 0 Å². The van der Waals surface area contributed by atoms with Crippen LogP contribution in [0, 0.1) is 0 Å². The van der Waals surface area contributed by atoms with Crippen molar-refractivity contribution in [2.75, 3.05) is 13.2 Å². The molecule has 0 aliphatic heterocycles. The van der Waals surface area contributed by atoms with Crippen molar-refractivity contribution in [2.24, 2.45) is 0 Å². The van der Waals surface area contributed by atoms with Crippen molar-refractivity contribution in [1.82, 2.24) is 19.6 Å². The van der Waals surface area contributed by atoms with E-state index in [-0.39, 0.29) is 35.0 Å². The first-order valence-electron chi connectivity index (χ1n) is 22.5. The van der Waals surface area contributed by atoms with E-state index in [0.29, 0.717) is 13.2 Å². The van der Waals surface area contributed by atoms with Crippen LogP contribution in [0.25, 0.3) is 11.4 Å². The molecule has 0 radical (unpaired) electrons. The average molecular weight is 903 g/mol. The Balaban J connectivity index is 0.000000335. The van der Waals surface area contributed by atoms with Crippen LogP contribution in [0.4, 0.5) is 26.3 Å². The van der Waals surface area contributed by atoms with Crippen molar-refractivity contribution in [1.29, 1.82) is 0 Å². The van der Waals surface area contributed by atoms with Gasteiger partial charge >= 0.3 is 36.4 Å². The van der Waals surface area contributed by atoms with Crippen LogP contribution < -0.4 is 30.5 Å². The lowest BCUT2D eigenvalue weighted by Crippen LogP contribution is -2.17. The summed E-state index contributed by atoms with van der Waals surface area (Å²) in [5, 5.41) is 7.86. The number of rotatable bonds is 31. The number of hydrogen-bond donors (Lipinski definition) is 0. The van der Waals surface area contributed by atoms with Gasteiger partial charge in [-0.25, -0.2) is 9.59 Å². The van der Waals surface area contributed by atoms with E-state index in [0.717, 1.165) is 72.2 Å². The van der Waals surface area contributed by atoms with Crippen LogP contribution >= 0.6 is 0 Å². The van der Waals surface area contributed by atoms with Gasteiger partial charge in [0.15, 0.2) is 0 Å². The van der Waals surface area contributed by atoms with E-state index in [1.807, 2.05) is 0 Å². The minimum atomic E-state index is -4.78. The molecule has 0 bridgehead atoms. The summed E-state index contributed by atoms with van der Waals surface area (Å²) in [6.45, 7) is 5.23. The van der Waals surface area contributed by atoms with Gasteiger partial charge in [-0.1, -0.05) is 159 Å². The highest BCUT2D eigenvalue weighted by Crippen LogP contribution is 2.25. The molecule has 2 aromatic carbocycles. The zero-order valence-electron chi connectivity index (χ0n) is 36.6. The van der Waals surface area contributed by atoms with Crippen LogP contribution in [-0.4, -0.2) is 45.5 Å². The van der Waals surface area contributed by atoms with Gasteiger partial charge in [0.2, 0.25) is 0 Å². The van der Waals surface area contributed by atoms with E-state index in [1.54, 1.807) is 0 Å². The van der Waals surface area contributed by atoms with Crippen molar-refractivity contribution >= 4 is 0 Å². The van der Waals surface area contributed by atoms with Crippen LogP contribution in [-0.2, 0) is 0 Å². The molecule has 0 spiro atoms. The third-order valence-electron chi connectivity index (χ3n) is 9.89. The molecule has 0 unspecified atom stereocenters. The maximum absolute atomic E-state index is 12.2. The maximum atomic E-state index is 12.2. The minimum absolute atomic E-state index is 0.159. The number of unbranched alkanes of at least 4 members (excludes halogenated alkanes) is 21. The van der Waals surface area contributed by atoms with E-state index in [2.05, 4.69) is 33.5 Å². The zero-order valence-corrected chi connectivity index (χ0v) is 36.6. The predicted molar refractivity (Wildman–Crippen MR) is 226 cm³/mol. The van der Waals surface area contributed by atoms with Crippen molar-refractivity contribution in [3.05, 3.63) is 69.6 Å². The van der Waals surface area contributed by atoms with Crippen LogP contribution in [0.5, 0.6) is 23.7 Å². The summed E-state index contributed by atoms with van der Waals surface area (Å²) in [6.07, 6.45) is 18.3. The van der Waals surface area contributed by atoms with Crippen molar-refractivity contribution in [3.63, 3.8) is 0 Å². The first kappa shape index (κ1) is 52.4. The molecular formula is C45H64F6N4O8. The average Bonchev–Trinajstić information content (AvgIpc) is 3.80. The second-order valence-electron chi connectivity index (χ2n) is 15.3. The number of ether oxygens (including phenoxy) is 4. The van der Waals surface area contributed by atoms with E-state index >= 15 is 0 Å².